The predicted molar refractivity (Wildman–Crippen MR) is 41.7 cm³/mol. The Morgan fingerprint density at radius 1 is 1.62 bits per heavy atom. The smallest absolute Gasteiger partial charge is 0.321 e. The van der Waals surface area contributed by atoms with Crippen molar-refractivity contribution >= 4 is 17.9 Å². The largest absolute Gasteiger partial charge is 0.469 e. The molecule has 6 heteroatoms. The SMILES string of the molecule is COC(=O)CC1CNC(=O)NC1=O. The Labute approximate surface area is 74.6 Å². The third-order valence-corrected chi connectivity index (χ3v) is 1.76. The first kappa shape index (κ1) is 9.50. The van der Waals surface area contributed by atoms with Gasteiger partial charge in [0, 0.05) is 6.54 Å². The molecule has 1 saturated heterocycles. The molecule has 0 saturated carbocycles. The summed E-state index contributed by atoms with van der Waals surface area (Å²) in [5, 5.41) is 4.48. The van der Waals surface area contributed by atoms with Gasteiger partial charge in [-0.2, -0.15) is 0 Å². The predicted octanol–water partition coefficient (Wildman–Crippen LogP) is -0.995. The lowest BCUT2D eigenvalue weighted by Crippen LogP contribution is -2.52. The topological polar surface area (TPSA) is 84.5 Å². The van der Waals surface area contributed by atoms with Crippen LogP contribution in [0.4, 0.5) is 4.79 Å². The molecule has 0 bridgehead atoms. The number of rotatable bonds is 2. The first-order valence-corrected chi connectivity index (χ1v) is 3.79. The van der Waals surface area contributed by atoms with Crippen LogP contribution in [-0.4, -0.2) is 31.6 Å². The van der Waals surface area contributed by atoms with E-state index in [1.165, 1.54) is 7.11 Å². The van der Waals surface area contributed by atoms with Crippen molar-refractivity contribution in [3.8, 4) is 0 Å². The lowest BCUT2D eigenvalue weighted by atomic mass is 10.0. The number of nitrogens with one attached hydrogen (secondary N) is 2. The van der Waals surface area contributed by atoms with E-state index in [0.29, 0.717) is 0 Å². The van der Waals surface area contributed by atoms with Gasteiger partial charge in [-0.15, -0.1) is 0 Å². The first-order chi connectivity index (χ1) is 6.13. The lowest BCUT2D eigenvalue weighted by Gasteiger charge is -2.20. The molecule has 72 valence electrons. The average Bonchev–Trinajstić information content (AvgIpc) is 2.09. The van der Waals surface area contributed by atoms with Crippen LogP contribution in [-0.2, 0) is 14.3 Å². The zero-order valence-corrected chi connectivity index (χ0v) is 7.12. The fraction of sp³-hybridized carbons (Fsp3) is 0.571. The van der Waals surface area contributed by atoms with Gasteiger partial charge in [-0.05, 0) is 0 Å². The summed E-state index contributed by atoms with van der Waals surface area (Å²) < 4.78 is 4.40. The van der Waals surface area contributed by atoms with Gasteiger partial charge in [-0.1, -0.05) is 0 Å². The van der Waals surface area contributed by atoms with Crippen LogP contribution < -0.4 is 10.6 Å². The van der Waals surface area contributed by atoms with Gasteiger partial charge in [0.2, 0.25) is 5.91 Å². The van der Waals surface area contributed by atoms with Crippen molar-refractivity contribution in [3.05, 3.63) is 0 Å². The summed E-state index contributed by atoms with van der Waals surface area (Å²) in [4.78, 5) is 32.5. The van der Waals surface area contributed by atoms with Gasteiger partial charge < -0.3 is 10.1 Å². The fourth-order valence-corrected chi connectivity index (χ4v) is 1.02. The molecule has 1 fully saturated rings. The third kappa shape index (κ3) is 2.43. The quantitative estimate of drug-likeness (QED) is 0.542. The van der Waals surface area contributed by atoms with Gasteiger partial charge in [0.05, 0.1) is 19.4 Å². The Kier molecular flexibility index (Phi) is 2.84. The van der Waals surface area contributed by atoms with E-state index in [9.17, 15) is 14.4 Å². The van der Waals surface area contributed by atoms with Gasteiger partial charge in [0.15, 0.2) is 0 Å². The molecule has 1 aliphatic rings. The van der Waals surface area contributed by atoms with Crippen LogP contribution in [0.25, 0.3) is 0 Å². The van der Waals surface area contributed by atoms with Crippen molar-refractivity contribution in [3.63, 3.8) is 0 Å². The molecule has 1 atom stereocenters. The van der Waals surface area contributed by atoms with E-state index in [4.69, 9.17) is 0 Å². The van der Waals surface area contributed by atoms with Crippen LogP contribution in [0.5, 0.6) is 0 Å². The maximum Gasteiger partial charge on any atom is 0.321 e. The summed E-state index contributed by atoms with van der Waals surface area (Å²) in [5.41, 5.74) is 0. The molecular weight excluding hydrogens is 176 g/mol. The highest BCUT2D eigenvalue weighted by Crippen LogP contribution is 2.06. The second-order valence-electron chi connectivity index (χ2n) is 2.68. The molecule has 1 unspecified atom stereocenters. The maximum atomic E-state index is 11.1. The summed E-state index contributed by atoms with van der Waals surface area (Å²) in [5.74, 6) is -1.42. The van der Waals surface area contributed by atoms with Crippen molar-refractivity contribution < 1.29 is 19.1 Å². The number of amides is 3. The number of methoxy groups -OCH3 is 1. The van der Waals surface area contributed by atoms with E-state index in [-0.39, 0.29) is 13.0 Å². The summed E-state index contributed by atoms with van der Waals surface area (Å²) in [6, 6.07) is -0.522. The van der Waals surface area contributed by atoms with E-state index in [0.717, 1.165) is 0 Å². The number of ether oxygens (including phenoxy) is 1. The molecule has 0 aromatic rings. The van der Waals surface area contributed by atoms with Crippen LogP contribution in [0.3, 0.4) is 0 Å². The third-order valence-electron chi connectivity index (χ3n) is 1.76. The lowest BCUT2D eigenvalue weighted by molar-refractivity contribution is -0.144. The van der Waals surface area contributed by atoms with Crippen LogP contribution in [0.15, 0.2) is 0 Å². The number of imide groups is 1. The van der Waals surface area contributed by atoms with E-state index < -0.39 is 23.8 Å². The Morgan fingerprint density at radius 3 is 2.85 bits per heavy atom. The Bertz CT molecular complexity index is 251. The van der Waals surface area contributed by atoms with Crippen molar-refractivity contribution in [1.82, 2.24) is 10.6 Å². The summed E-state index contributed by atoms with van der Waals surface area (Å²) in [7, 11) is 1.25. The summed E-state index contributed by atoms with van der Waals surface area (Å²) >= 11 is 0. The van der Waals surface area contributed by atoms with E-state index in [1.807, 2.05) is 0 Å². The number of esters is 1. The summed E-state index contributed by atoms with van der Waals surface area (Å²) in [6.07, 6.45) is -0.0113. The van der Waals surface area contributed by atoms with Crippen molar-refractivity contribution in [2.24, 2.45) is 5.92 Å². The molecule has 0 radical (unpaired) electrons. The van der Waals surface area contributed by atoms with Crippen LogP contribution in [0.2, 0.25) is 0 Å². The molecule has 0 aromatic carbocycles. The molecule has 0 aromatic heterocycles. The van der Waals surface area contributed by atoms with E-state index in [2.05, 4.69) is 15.4 Å². The molecule has 0 spiro atoms. The van der Waals surface area contributed by atoms with Crippen LogP contribution in [0.1, 0.15) is 6.42 Å². The highest BCUT2D eigenvalue weighted by molar-refractivity contribution is 5.99. The maximum absolute atomic E-state index is 11.1. The summed E-state index contributed by atoms with van der Waals surface area (Å²) in [6.45, 7) is 0.180. The molecule has 6 nitrogen and oxygen atoms in total. The van der Waals surface area contributed by atoms with E-state index >= 15 is 0 Å². The highest BCUT2D eigenvalue weighted by Gasteiger charge is 2.28. The number of hydrogen-bond donors (Lipinski definition) is 2. The van der Waals surface area contributed by atoms with Gasteiger partial charge in [-0.3, -0.25) is 14.9 Å². The molecule has 0 aliphatic carbocycles. The number of hydrogen-bond acceptors (Lipinski definition) is 4. The second-order valence-corrected chi connectivity index (χ2v) is 2.68. The Balaban J connectivity index is 2.47. The molecule has 2 N–H and O–H groups in total. The fourth-order valence-electron chi connectivity index (χ4n) is 1.02. The van der Waals surface area contributed by atoms with Crippen molar-refractivity contribution in [1.29, 1.82) is 0 Å². The Morgan fingerprint density at radius 2 is 2.31 bits per heavy atom. The Hall–Kier alpha value is -1.59. The van der Waals surface area contributed by atoms with Crippen molar-refractivity contribution in [2.45, 2.75) is 6.42 Å². The van der Waals surface area contributed by atoms with Gasteiger partial charge >= 0.3 is 12.0 Å². The minimum atomic E-state index is -0.523. The van der Waals surface area contributed by atoms with Gasteiger partial charge in [0.25, 0.3) is 0 Å². The number of carbonyl (C=O) groups excluding carboxylic acids is 3. The molecule has 13 heavy (non-hydrogen) atoms. The second kappa shape index (κ2) is 3.88. The van der Waals surface area contributed by atoms with Gasteiger partial charge in [-0.25, -0.2) is 4.79 Å². The molecular formula is C7H10N2O4. The molecule has 1 rings (SSSR count). The van der Waals surface area contributed by atoms with Gasteiger partial charge in [0.1, 0.15) is 0 Å². The standard InChI is InChI=1S/C7H10N2O4/c1-13-5(10)2-4-3-8-7(12)9-6(4)11/h4H,2-3H2,1H3,(H2,8,9,11,12). The number of urea groups is 1. The van der Waals surface area contributed by atoms with Crippen molar-refractivity contribution in [2.75, 3.05) is 13.7 Å². The van der Waals surface area contributed by atoms with Crippen LogP contribution >= 0.6 is 0 Å². The highest BCUT2D eigenvalue weighted by atomic mass is 16.5. The zero-order chi connectivity index (χ0) is 9.84. The molecule has 1 heterocycles. The van der Waals surface area contributed by atoms with Crippen LogP contribution in [0, 0.1) is 5.92 Å². The minimum Gasteiger partial charge on any atom is -0.469 e. The average molecular weight is 186 g/mol. The molecule has 1 aliphatic heterocycles. The first-order valence-electron chi connectivity index (χ1n) is 3.79. The van der Waals surface area contributed by atoms with E-state index in [1.54, 1.807) is 0 Å². The minimum absolute atomic E-state index is 0.0113. The molecule has 3 amide bonds. The normalized spacial score (nSPS) is 21.8. The zero-order valence-electron chi connectivity index (χ0n) is 7.12. The monoisotopic (exact) mass is 186 g/mol. The number of carbonyl (C=O) groups is 3.